The summed E-state index contributed by atoms with van der Waals surface area (Å²) in [5.74, 6) is 1.78. The molecule has 1 N–H and O–H groups in total. The minimum absolute atomic E-state index is 0.890. The number of rotatable bonds is 2. The van der Waals surface area contributed by atoms with Gasteiger partial charge >= 0.3 is 0 Å². The fourth-order valence-electron chi connectivity index (χ4n) is 2.83. The van der Waals surface area contributed by atoms with Crippen molar-refractivity contribution in [2.45, 2.75) is 6.54 Å². The summed E-state index contributed by atoms with van der Waals surface area (Å²) in [6, 6.07) is 4.19. The number of fused-ring (bicyclic) bond motifs is 1. The van der Waals surface area contributed by atoms with Crippen LogP contribution in [0.3, 0.4) is 0 Å². The van der Waals surface area contributed by atoms with E-state index in [1.165, 1.54) is 31.7 Å². The molecule has 2 aliphatic heterocycles. The zero-order valence-electron chi connectivity index (χ0n) is 8.89. The van der Waals surface area contributed by atoms with Gasteiger partial charge in [-0.3, -0.25) is 9.88 Å². The van der Waals surface area contributed by atoms with Gasteiger partial charge in [0.1, 0.15) is 0 Å². The van der Waals surface area contributed by atoms with Crippen LogP contribution in [0.1, 0.15) is 5.56 Å². The van der Waals surface area contributed by atoms with Gasteiger partial charge in [-0.05, 0) is 36.6 Å². The number of aromatic nitrogens is 1. The van der Waals surface area contributed by atoms with Crippen molar-refractivity contribution in [3.63, 3.8) is 0 Å². The standard InChI is InChI=1S/C12H17N3/c1-2-10(4-13-3-1)7-15-8-11-5-14-6-12(11)9-15/h1-4,11-12,14H,5-9H2/t11-,12-/m0/s1. The minimum Gasteiger partial charge on any atom is -0.316 e. The van der Waals surface area contributed by atoms with Crippen molar-refractivity contribution < 1.29 is 0 Å². The Morgan fingerprint density at radius 1 is 1.33 bits per heavy atom. The molecule has 0 aliphatic carbocycles. The smallest absolute Gasteiger partial charge is 0.0312 e. The van der Waals surface area contributed by atoms with Crippen molar-refractivity contribution in [3.05, 3.63) is 30.1 Å². The van der Waals surface area contributed by atoms with Crippen molar-refractivity contribution in [1.29, 1.82) is 0 Å². The maximum Gasteiger partial charge on any atom is 0.0312 e. The largest absolute Gasteiger partial charge is 0.316 e. The van der Waals surface area contributed by atoms with Crippen molar-refractivity contribution in [3.8, 4) is 0 Å². The van der Waals surface area contributed by atoms with E-state index in [-0.39, 0.29) is 0 Å². The molecule has 0 radical (unpaired) electrons. The number of hydrogen-bond acceptors (Lipinski definition) is 3. The van der Waals surface area contributed by atoms with E-state index < -0.39 is 0 Å². The summed E-state index contributed by atoms with van der Waals surface area (Å²) in [7, 11) is 0. The summed E-state index contributed by atoms with van der Waals surface area (Å²) in [4.78, 5) is 6.72. The highest BCUT2D eigenvalue weighted by molar-refractivity contribution is 5.09. The molecule has 15 heavy (non-hydrogen) atoms. The minimum atomic E-state index is 0.890. The monoisotopic (exact) mass is 203 g/mol. The topological polar surface area (TPSA) is 28.2 Å². The maximum atomic E-state index is 4.16. The van der Waals surface area contributed by atoms with Crippen LogP contribution in [-0.4, -0.2) is 36.1 Å². The molecule has 3 heterocycles. The van der Waals surface area contributed by atoms with E-state index in [4.69, 9.17) is 0 Å². The first kappa shape index (κ1) is 9.31. The van der Waals surface area contributed by atoms with Crippen molar-refractivity contribution in [1.82, 2.24) is 15.2 Å². The molecule has 0 aromatic carbocycles. The molecule has 3 rings (SSSR count). The molecule has 2 saturated heterocycles. The van der Waals surface area contributed by atoms with E-state index in [1.54, 1.807) is 0 Å². The van der Waals surface area contributed by atoms with Gasteiger partial charge in [-0.25, -0.2) is 0 Å². The lowest BCUT2D eigenvalue weighted by molar-refractivity contribution is 0.305. The van der Waals surface area contributed by atoms with Crippen LogP contribution in [0.25, 0.3) is 0 Å². The summed E-state index contributed by atoms with van der Waals surface area (Å²) in [5, 5.41) is 3.47. The van der Waals surface area contributed by atoms with E-state index in [0.717, 1.165) is 18.4 Å². The molecule has 1 aromatic rings. The Hall–Kier alpha value is -0.930. The predicted octanol–water partition coefficient (Wildman–Crippen LogP) is 0.733. The van der Waals surface area contributed by atoms with Gasteiger partial charge < -0.3 is 5.32 Å². The van der Waals surface area contributed by atoms with E-state index in [0.29, 0.717) is 0 Å². The first-order valence-electron chi connectivity index (χ1n) is 5.74. The second-order valence-corrected chi connectivity index (χ2v) is 4.73. The van der Waals surface area contributed by atoms with E-state index >= 15 is 0 Å². The van der Waals surface area contributed by atoms with Crippen LogP contribution in [-0.2, 0) is 6.54 Å². The average Bonchev–Trinajstić information content (AvgIpc) is 2.79. The van der Waals surface area contributed by atoms with Crippen LogP contribution < -0.4 is 5.32 Å². The van der Waals surface area contributed by atoms with Gasteiger partial charge in [0.2, 0.25) is 0 Å². The van der Waals surface area contributed by atoms with E-state index in [2.05, 4.69) is 21.3 Å². The third kappa shape index (κ3) is 1.90. The fourth-order valence-corrected chi connectivity index (χ4v) is 2.83. The molecule has 80 valence electrons. The highest BCUT2D eigenvalue weighted by Crippen LogP contribution is 2.27. The average molecular weight is 203 g/mol. The van der Waals surface area contributed by atoms with Gasteiger partial charge in [0.05, 0.1) is 0 Å². The van der Waals surface area contributed by atoms with Gasteiger partial charge in [0.15, 0.2) is 0 Å². The first-order valence-corrected chi connectivity index (χ1v) is 5.74. The van der Waals surface area contributed by atoms with Crippen molar-refractivity contribution in [2.75, 3.05) is 26.2 Å². The normalized spacial score (nSPS) is 30.7. The SMILES string of the molecule is c1cncc(CN2C[C@@H]3CNC[C@H]3C2)c1. The second-order valence-electron chi connectivity index (χ2n) is 4.73. The van der Waals surface area contributed by atoms with Crippen LogP contribution in [0.2, 0.25) is 0 Å². The first-order chi connectivity index (χ1) is 7.42. The summed E-state index contributed by atoms with van der Waals surface area (Å²) in [6.45, 7) is 6.02. The Labute approximate surface area is 90.5 Å². The summed E-state index contributed by atoms with van der Waals surface area (Å²) in [6.07, 6.45) is 3.82. The molecular formula is C12H17N3. The highest BCUT2D eigenvalue weighted by Gasteiger charge is 2.35. The fraction of sp³-hybridized carbons (Fsp3) is 0.583. The van der Waals surface area contributed by atoms with E-state index in [9.17, 15) is 0 Å². The molecule has 0 saturated carbocycles. The Bertz CT molecular complexity index is 313. The van der Waals surface area contributed by atoms with Crippen LogP contribution in [0.5, 0.6) is 0 Å². The van der Waals surface area contributed by atoms with E-state index in [1.807, 2.05) is 18.5 Å². The molecule has 1 aromatic heterocycles. The lowest BCUT2D eigenvalue weighted by atomic mass is 10.0. The van der Waals surface area contributed by atoms with Crippen LogP contribution in [0, 0.1) is 11.8 Å². The van der Waals surface area contributed by atoms with Crippen LogP contribution in [0.15, 0.2) is 24.5 Å². The molecule has 0 bridgehead atoms. The van der Waals surface area contributed by atoms with Gasteiger partial charge in [0.25, 0.3) is 0 Å². The Kier molecular flexibility index (Phi) is 2.43. The number of likely N-dealkylation sites (tertiary alicyclic amines) is 1. The maximum absolute atomic E-state index is 4.16. The lowest BCUT2D eigenvalue weighted by Crippen LogP contribution is -2.25. The van der Waals surface area contributed by atoms with Gasteiger partial charge in [-0.15, -0.1) is 0 Å². The molecule has 0 amide bonds. The quantitative estimate of drug-likeness (QED) is 0.768. The number of nitrogens with one attached hydrogen (secondary N) is 1. The molecule has 2 fully saturated rings. The Morgan fingerprint density at radius 2 is 2.13 bits per heavy atom. The summed E-state index contributed by atoms with van der Waals surface area (Å²) < 4.78 is 0. The molecule has 2 aliphatic rings. The Balaban J connectivity index is 1.62. The molecule has 0 unspecified atom stereocenters. The van der Waals surface area contributed by atoms with Crippen LogP contribution in [0.4, 0.5) is 0 Å². The highest BCUT2D eigenvalue weighted by atomic mass is 15.2. The zero-order valence-corrected chi connectivity index (χ0v) is 8.89. The van der Waals surface area contributed by atoms with Crippen LogP contribution >= 0.6 is 0 Å². The number of hydrogen-bond donors (Lipinski definition) is 1. The number of nitrogens with zero attached hydrogens (tertiary/aromatic N) is 2. The summed E-state index contributed by atoms with van der Waals surface area (Å²) in [5.41, 5.74) is 1.34. The molecule has 2 atom stereocenters. The Morgan fingerprint density at radius 3 is 2.80 bits per heavy atom. The van der Waals surface area contributed by atoms with Crippen molar-refractivity contribution in [2.24, 2.45) is 11.8 Å². The van der Waals surface area contributed by atoms with Gasteiger partial charge in [0, 0.05) is 32.0 Å². The zero-order chi connectivity index (χ0) is 10.1. The lowest BCUT2D eigenvalue weighted by Gasteiger charge is -2.16. The number of pyridine rings is 1. The second kappa shape index (κ2) is 3.91. The third-order valence-electron chi connectivity index (χ3n) is 3.59. The summed E-state index contributed by atoms with van der Waals surface area (Å²) >= 11 is 0. The van der Waals surface area contributed by atoms with Crippen molar-refractivity contribution >= 4 is 0 Å². The molecule has 3 nitrogen and oxygen atoms in total. The molecule has 3 heteroatoms. The third-order valence-corrected chi connectivity index (χ3v) is 3.59. The molecule has 0 spiro atoms. The van der Waals surface area contributed by atoms with Gasteiger partial charge in [-0.1, -0.05) is 6.07 Å². The predicted molar refractivity (Wildman–Crippen MR) is 59.4 cm³/mol. The molecular weight excluding hydrogens is 186 g/mol. The van der Waals surface area contributed by atoms with Gasteiger partial charge in [-0.2, -0.15) is 0 Å².